The van der Waals surface area contributed by atoms with Gasteiger partial charge in [-0.05, 0) is 51.1 Å². The van der Waals surface area contributed by atoms with Gasteiger partial charge in [-0.15, -0.1) is 11.3 Å². The Morgan fingerprint density at radius 1 is 1.27 bits per heavy atom. The number of H-pyrrole nitrogens is 2. The molecular weight excluding hydrogens is 482 g/mol. The van der Waals surface area contributed by atoms with E-state index >= 15 is 0 Å². The number of benzene rings is 1. The fourth-order valence-electron chi connectivity index (χ4n) is 2.45. The summed E-state index contributed by atoms with van der Waals surface area (Å²) in [5.74, 6) is -0.171. The molecule has 30 heavy (non-hydrogen) atoms. The molecule has 1 aromatic carbocycles. The third kappa shape index (κ3) is 4.55. The van der Waals surface area contributed by atoms with Gasteiger partial charge in [0.15, 0.2) is 11.5 Å². The Hall–Kier alpha value is -3.51. The molecule has 2 aromatic heterocycles. The number of nitro groups is 1. The van der Waals surface area contributed by atoms with Crippen molar-refractivity contribution in [2.45, 2.75) is 0 Å². The summed E-state index contributed by atoms with van der Waals surface area (Å²) in [5, 5.41) is 12.9. The zero-order chi connectivity index (χ0) is 21.8. The number of esters is 1. The quantitative estimate of drug-likeness (QED) is 0.232. The van der Waals surface area contributed by atoms with E-state index in [1.807, 2.05) is 0 Å². The Morgan fingerprint density at radius 2 is 2.03 bits per heavy atom. The molecule has 3 aromatic rings. The summed E-state index contributed by atoms with van der Waals surface area (Å²) in [6.45, 7) is 0. The Morgan fingerprint density at radius 3 is 2.67 bits per heavy atom. The highest BCUT2D eigenvalue weighted by Crippen LogP contribution is 2.38. The molecular formula is C18H12BrN3O7S. The first-order chi connectivity index (χ1) is 14.3. The number of nitrogens with one attached hydrogen (secondary N) is 2. The van der Waals surface area contributed by atoms with Gasteiger partial charge in [-0.25, -0.2) is 9.59 Å². The summed E-state index contributed by atoms with van der Waals surface area (Å²) in [5.41, 5.74) is -2.56. The number of carbonyl (C=O) groups excluding carboxylic acids is 1. The van der Waals surface area contributed by atoms with Crippen LogP contribution in [0.5, 0.6) is 11.5 Å². The standard InChI is InChI=1S/C18H12BrN3O7S/c1-28-12-8-9(4-5-11-14(22(26)27)16(23)21-18(25)20-11)7-10(19)15(12)29-17(24)13-3-2-6-30-13/h2-8H,1H3,(H2,20,21,23,25)/b5-4+. The number of nitrogens with zero attached hydrogens (tertiary/aromatic N) is 1. The van der Waals surface area contributed by atoms with Crippen LogP contribution in [0.1, 0.15) is 20.9 Å². The highest BCUT2D eigenvalue weighted by molar-refractivity contribution is 9.10. The smallest absolute Gasteiger partial charge is 0.357 e. The van der Waals surface area contributed by atoms with Crippen molar-refractivity contribution in [2.24, 2.45) is 0 Å². The number of thiophene rings is 1. The van der Waals surface area contributed by atoms with E-state index in [-0.39, 0.29) is 17.2 Å². The third-order valence-electron chi connectivity index (χ3n) is 3.74. The molecule has 0 fully saturated rings. The molecule has 12 heteroatoms. The average molecular weight is 494 g/mol. The molecule has 10 nitrogen and oxygen atoms in total. The fourth-order valence-corrected chi connectivity index (χ4v) is 3.59. The van der Waals surface area contributed by atoms with Crippen molar-refractivity contribution in [3.63, 3.8) is 0 Å². The zero-order valence-corrected chi connectivity index (χ0v) is 17.5. The minimum Gasteiger partial charge on any atom is -0.493 e. The second-order valence-electron chi connectivity index (χ2n) is 5.66. The van der Waals surface area contributed by atoms with Gasteiger partial charge < -0.3 is 14.5 Å². The molecule has 0 amide bonds. The lowest BCUT2D eigenvalue weighted by Gasteiger charge is -2.11. The molecule has 0 bridgehead atoms. The van der Waals surface area contributed by atoms with E-state index < -0.39 is 27.8 Å². The number of halogens is 1. The number of aromatic amines is 2. The first-order valence-corrected chi connectivity index (χ1v) is 9.79. The van der Waals surface area contributed by atoms with Crippen LogP contribution in [0.15, 0.2) is 43.7 Å². The molecule has 2 heterocycles. The molecule has 0 aliphatic carbocycles. The average Bonchev–Trinajstić information content (AvgIpc) is 3.22. The van der Waals surface area contributed by atoms with E-state index in [1.54, 1.807) is 28.6 Å². The lowest BCUT2D eigenvalue weighted by atomic mass is 10.1. The summed E-state index contributed by atoms with van der Waals surface area (Å²) >= 11 is 4.54. The van der Waals surface area contributed by atoms with Crippen LogP contribution >= 0.6 is 27.3 Å². The largest absolute Gasteiger partial charge is 0.493 e. The Kier molecular flexibility index (Phi) is 6.28. The number of ether oxygens (including phenoxy) is 2. The number of aromatic nitrogens is 2. The van der Waals surface area contributed by atoms with Crippen molar-refractivity contribution in [3.8, 4) is 11.5 Å². The summed E-state index contributed by atoms with van der Waals surface area (Å²) in [4.78, 5) is 50.0. The Labute approximate surface area is 180 Å². The van der Waals surface area contributed by atoms with Crippen LogP contribution < -0.4 is 20.7 Å². The molecule has 2 N–H and O–H groups in total. The van der Waals surface area contributed by atoms with Crippen molar-refractivity contribution in [1.29, 1.82) is 0 Å². The van der Waals surface area contributed by atoms with E-state index in [1.165, 1.54) is 36.7 Å². The maximum Gasteiger partial charge on any atom is 0.357 e. The minimum atomic E-state index is -1.11. The van der Waals surface area contributed by atoms with E-state index in [2.05, 4.69) is 20.9 Å². The van der Waals surface area contributed by atoms with Gasteiger partial charge in [-0.2, -0.15) is 0 Å². The molecule has 3 rings (SSSR count). The highest BCUT2D eigenvalue weighted by atomic mass is 79.9. The summed E-state index contributed by atoms with van der Waals surface area (Å²) in [6, 6.07) is 6.45. The van der Waals surface area contributed by atoms with Crippen LogP contribution in [-0.4, -0.2) is 28.0 Å². The van der Waals surface area contributed by atoms with Gasteiger partial charge in [0.1, 0.15) is 10.6 Å². The monoisotopic (exact) mass is 493 g/mol. The van der Waals surface area contributed by atoms with E-state index in [9.17, 15) is 24.5 Å². The molecule has 0 saturated carbocycles. The maximum absolute atomic E-state index is 12.2. The van der Waals surface area contributed by atoms with Gasteiger partial charge >= 0.3 is 22.9 Å². The van der Waals surface area contributed by atoms with Crippen LogP contribution in [0, 0.1) is 10.1 Å². The van der Waals surface area contributed by atoms with Crippen LogP contribution in [-0.2, 0) is 0 Å². The number of hydrogen-bond donors (Lipinski definition) is 2. The molecule has 154 valence electrons. The predicted octanol–water partition coefficient (Wildman–Crippen LogP) is 3.19. The number of rotatable bonds is 6. The van der Waals surface area contributed by atoms with Crippen molar-refractivity contribution in [1.82, 2.24) is 9.97 Å². The van der Waals surface area contributed by atoms with Gasteiger partial charge in [0, 0.05) is 0 Å². The van der Waals surface area contributed by atoms with Gasteiger partial charge in [0.25, 0.3) is 0 Å². The molecule has 0 radical (unpaired) electrons. The number of hydrogen-bond acceptors (Lipinski definition) is 8. The SMILES string of the molecule is COc1cc(/C=C/c2[nH]c(=O)[nH]c(=O)c2[N+](=O)[O-])cc(Br)c1OC(=O)c1cccs1. The maximum atomic E-state index is 12.2. The first-order valence-electron chi connectivity index (χ1n) is 8.12. The van der Waals surface area contributed by atoms with Crippen molar-refractivity contribution in [3.05, 3.63) is 81.2 Å². The highest BCUT2D eigenvalue weighted by Gasteiger charge is 2.20. The van der Waals surface area contributed by atoms with Gasteiger partial charge in [-0.1, -0.05) is 12.1 Å². The Balaban J connectivity index is 1.96. The number of carbonyl (C=O) groups is 1. The van der Waals surface area contributed by atoms with E-state index in [0.29, 0.717) is 14.9 Å². The second-order valence-corrected chi connectivity index (χ2v) is 7.46. The minimum absolute atomic E-state index is 0.156. The third-order valence-corrected chi connectivity index (χ3v) is 5.18. The van der Waals surface area contributed by atoms with Crippen molar-refractivity contribution < 1.29 is 19.2 Å². The Bertz CT molecular complexity index is 1260. The lowest BCUT2D eigenvalue weighted by Crippen LogP contribution is -2.25. The van der Waals surface area contributed by atoms with Gasteiger partial charge in [0.05, 0.1) is 16.5 Å². The van der Waals surface area contributed by atoms with Crippen molar-refractivity contribution >= 4 is 51.1 Å². The van der Waals surface area contributed by atoms with Gasteiger partial charge in [0.2, 0.25) is 0 Å². The predicted molar refractivity (Wildman–Crippen MR) is 113 cm³/mol. The molecule has 0 saturated heterocycles. The fraction of sp³-hybridized carbons (Fsp3) is 0.0556. The normalized spacial score (nSPS) is 10.9. The van der Waals surface area contributed by atoms with Crippen LogP contribution in [0.3, 0.4) is 0 Å². The molecule has 0 aliphatic rings. The summed E-state index contributed by atoms with van der Waals surface area (Å²) in [7, 11) is 1.39. The van der Waals surface area contributed by atoms with E-state index in [4.69, 9.17) is 9.47 Å². The molecule has 0 unspecified atom stereocenters. The molecule has 0 atom stereocenters. The molecule has 0 aliphatic heterocycles. The second kappa shape index (κ2) is 8.88. The van der Waals surface area contributed by atoms with Crippen LogP contribution in [0.4, 0.5) is 5.69 Å². The van der Waals surface area contributed by atoms with Crippen LogP contribution in [0.2, 0.25) is 0 Å². The summed E-state index contributed by atoms with van der Waals surface area (Å²) < 4.78 is 11.1. The molecule has 0 spiro atoms. The zero-order valence-electron chi connectivity index (χ0n) is 15.1. The first kappa shape index (κ1) is 21.2. The van der Waals surface area contributed by atoms with Crippen molar-refractivity contribution in [2.75, 3.05) is 7.11 Å². The lowest BCUT2D eigenvalue weighted by molar-refractivity contribution is -0.386. The topological polar surface area (TPSA) is 144 Å². The van der Waals surface area contributed by atoms with Crippen LogP contribution in [0.25, 0.3) is 12.2 Å². The van der Waals surface area contributed by atoms with Gasteiger partial charge in [-0.3, -0.25) is 19.9 Å². The van der Waals surface area contributed by atoms with E-state index in [0.717, 1.165) is 0 Å². The number of methoxy groups -OCH3 is 1. The summed E-state index contributed by atoms with van der Waals surface area (Å²) in [6.07, 6.45) is 2.64.